The molecule has 4 aliphatic carbocycles. The normalized spacial score (nSPS) is 58.2. The third-order valence-electron chi connectivity index (χ3n) is 17.8. The fourth-order valence-corrected chi connectivity index (χ4v) is 14.1. The Morgan fingerprint density at radius 2 is 1.38 bits per heavy atom. The van der Waals surface area contributed by atoms with Crippen molar-refractivity contribution in [1.82, 2.24) is 0 Å². The van der Waals surface area contributed by atoms with E-state index < -0.39 is 129 Å². The molecule has 27 atom stereocenters. The predicted molar refractivity (Wildman–Crippen MR) is 211 cm³/mol. The molecule has 19 heteroatoms. The maximum absolute atomic E-state index is 14.6. The SMILES string of the molecule is CC1CCC2(OC1)OC1CC3C4CCC5CC(OC6OC(CO)C(OC7OC(CO)C(O)C(O)C7OC7OCC(O)C(O)C7O)C(O)C6O)C(O)CC5(C)C4CC(=O)C3(C)C1C2C. The molecular weight excluding hydrogens is 832 g/mol. The Morgan fingerprint density at radius 1 is 0.698 bits per heavy atom. The summed E-state index contributed by atoms with van der Waals surface area (Å²) < 4.78 is 48.3. The molecule has 10 N–H and O–H groups in total. The van der Waals surface area contributed by atoms with Crippen LogP contribution in [0.2, 0.25) is 0 Å². The molecule has 27 unspecified atom stereocenters. The van der Waals surface area contributed by atoms with Gasteiger partial charge in [-0.3, -0.25) is 4.79 Å². The zero-order valence-corrected chi connectivity index (χ0v) is 36.5. The molecule has 19 nitrogen and oxygen atoms in total. The van der Waals surface area contributed by atoms with E-state index >= 15 is 0 Å². The van der Waals surface area contributed by atoms with E-state index in [1.165, 1.54) is 0 Å². The second-order valence-electron chi connectivity index (χ2n) is 21.1. The Kier molecular flexibility index (Phi) is 13.0. The van der Waals surface area contributed by atoms with Crippen molar-refractivity contribution >= 4 is 5.78 Å². The van der Waals surface area contributed by atoms with Crippen LogP contribution >= 0.6 is 0 Å². The van der Waals surface area contributed by atoms with Crippen LogP contribution < -0.4 is 0 Å². The molecule has 9 fully saturated rings. The van der Waals surface area contributed by atoms with E-state index in [0.717, 1.165) is 32.1 Å². The average Bonchev–Trinajstić information content (AvgIpc) is 3.71. The smallest absolute Gasteiger partial charge is 0.187 e. The summed E-state index contributed by atoms with van der Waals surface area (Å²) in [5.74, 6) is 0.932. The predicted octanol–water partition coefficient (Wildman–Crippen LogP) is -1.94. The van der Waals surface area contributed by atoms with E-state index in [2.05, 4.69) is 27.7 Å². The largest absolute Gasteiger partial charge is 0.394 e. The van der Waals surface area contributed by atoms with Gasteiger partial charge in [0.05, 0.1) is 44.7 Å². The summed E-state index contributed by atoms with van der Waals surface area (Å²) in [6.07, 6.45) is -19.3. The van der Waals surface area contributed by atoms with Crippen LogP contribution in [0.5, 0.6) is 0 Å². The summed E-state index contributed by atoms with van der Waals surface area (Å²) in [6.45, 7) is 7.46. The van der Waals surface area contributed by atoms with E-state index in [4.69, 9.17) is 37.9 Å². The number of hydrogen-bond donors (Lipinski definition) is 10. The highest BCUT2D eigenvalue weighted by molar-refractivity contribution is 5.87. The minimum absolute atomic E-state index is 0.0331. The third-order valence-corrected chi connectivity index (χ3v) is 17.8. The first-order valence-corrected chi connectivity index (χ1v) is 23.3. The zero-order valence-electron chi connectivity index (χ0n) is 36.5. The van der Waals surface area contributed by atoms with Crippen molar-refractivity contribution in [2.45, 2.75) is 189 Å². The number of Topliss-reactive ketones (excluding diaryl/α,β-unsaturated/α-hetero) is 1. The standard InChI is InChI=1S/C44H70O19/c1-17-7-8-44(57-15-17)18(2)30-26(63-44)10-22-20-6-5-19-9-25(23(47)12-42(19,3)21(20)11-29(49)43(22,30)4)58-40-36(55)34(53)37(28(14-46)60-40)61-41-38(33(52)32(51)27(13-45)59-41)62-39-35(54)31(50)24(48)16-56-39/h17-28,30-41,45-48,50-55H,5-16H2,1-4H3. The Morgan fingerprint density at radius 3 is 2.08 bits per heavy atom. The van der Waals surface area contributed by atoms with Gasteiger partial charge in [-0.1, -0.05) is 27.7 Å². The minimum Gasteiger partial charge on any atom is -0.394 e. The number of rotatable bonds is 8. The first kappa shape index (κ1) is 47.0. The molecule has 0 amide bonds. The van der Waals surface area contributed by atoms with E-state index in [0.29, 0.717) is 37.7 Å². The Hall–Kier alpha value is -1.05. The van der Waals surface area contributed by atoms with Crippen LogP contribution in [-0.4, -0.2) is 193 Å². The van der Waals surface area contributed by atoms with Gasteiger partial charge in [0, 0.05) is 30.1 Å². The van der Waals surface area contributed by atoms with Gasteiger partial charge in [-0.25, -0.2) is 0 Å². The Balaban J connectivity index is 0.857. The molecule has 9 aliphatic rings. The summed E-state index contributed by atoms with van der Waals surface area (Å²) in [7, 11) is 0. The molecule has 0 aromatic heterocycles. The monoisotopic (exact) mass is 902 g/mol. The van der Waals surface area contributed by atoms with E-state index in [1.807, 2.05) is 0 Å². The summed E-state index contributed by atoms with van der Waals surface area (Å²) in [5, 5.41) is 107. The molecule has 0 aromatic rings. The number of carbonyl (C=O) groups is 1. The maximum atomic E-state index is 14.6. The van der Waals surface area contributed by atoms with Crippen molar-refractivity contribution in [3.05, 3.63) is 0 Å². The molecule has 5 saturated heterocycles. The van der Waals surface area contributed by atoms with Gasteiger partial charge in [-0.2, -0.15) is 0 Å². The molecule has 5 heterocycles. The van der Waals surface area contributed by atoms with Gasteiger partial charge in [0.15, 0.2) is 24.7 Å². The fraction of sp³-hybridized carbons (Fsp3) is 0.977. The number of aliphatic hydroxyl groups excluding tert-OH is 10. The molecule has 4 saturated carbocycles. The molecule has 0 bridgehead atoms. The molecule has 0 radical (unpaired) electrons. The lowest BCUT2D eigenvalue weighted by Crippen LogP contribution is -2.66. The molecule has 0 aromatic carbocycles. The number of fused-ring (bicyclic) bond motifs is 7. The lowest BCUT2D eigenvalue weighted by molar-refractivity contribution is -0.386. The molecule has 5 aliphatic heterocycles. The average molecular weight is 903 g/mol. The molecule has 1 spiro atoms. The highest BCUT2D eigenvalue weighted by Gasteiger charge is 2.72. The van der Waals surface area contributed by atoms with E-state index in [-0.39, 0.29) is 46.9 Å². The lowest BCUT2D eigenvalue weighted by atomic mass is 9.43. The Bertz CT molecular complexity index is 1630. The van der Waals surface area contributed by atoms with Crippen LogP contribution in [0.4, 0.5) is 0 Å². The quantitative estimate of drug-likeness (QED) is 0.119. The van der Waals surface area contributed by atoms with Crippen molar-refractivity contribution in [1.29, 1.82) is 0 Å². The van der Waals surface area contributed by atoms with Gasteiger partial charge in [0.25, 0.3) is 0 Å². The van der Waals surface area contributed by atoms with Gasteiger partial charge in [-0.15, -0.1) is 0 Å². The third kappa shape index (κ3) is 7.60. The van der Waals surface area contributed by atoms with Gasteiger partial charge >= 0.3 is 0 Å². The number of hydrogen-bond acceptors (Lipinski definition) is 19. The summed E-state index contributed by atoms with van der Waals surface area (Å²) in [4.78, 5) is 14.6. The van der Waals surface area contributed by atoms with Gasteiger partial charge in [0.1, 0.15) is 72.9 Å². The second-order valence-corrected chi connectivity index (χ2v) is 21.1. The first-order valence-electron chi connectivity index (χ1n) is 23.3. The van der Waals surface area contributed by atoms with Gasteiger partial charge in [-0.05, 0) is 73.5 Å². The van der Waals surface area contributed by atoms with Crippen LogP contribution in [0, 0.1) is 52.3 Å². The maximum Gasteiger partial charge on any atom is 0.187 e. The molecular formula is C44H70O19. The van der Waals surface area contributed by atoms with E-state index in [9.17, 15) is 55.9 Å². The summed E-state index contributed by atoms with van der Waals surface area (Å²) in [6, 6.07) is 0. The topological polar surface area (TPSA) is 293 Å². The molecule has 9 rings (SSSR count). The summed E-state index contributed by atoms with van der Waals surface area (Å²) >= 11 is 0. The van der Waals surface area contributed by atoms with Crippen molar-refractivity contribution in [2.75, 3.05) is 26.4 Å². The highest BCUT2D eigenvalue weighted by Crippen LogP contribution is 2.70. The minimum atomic E-state index is -1.84. The van der Waals surface area contributed by atoms with Gasteiger partial charge in [0.2, 0.25) is 0 Å². The summed E-state index contributed by atoms with van der Waals surface area (Å²) in [5.41, 5.74) is -0.881. The highest BCUT2D eigenvalue weighted by atomic mass is 16.8. The fourth-order valence-electron chi connectivity index (χ4n) is 14.1. The van der Waals surface area contributed by atoms with Crippen molar-refractivity contribution in [2.24, 2.45) is 52.3 Å². The number of ketones is 1. The second kappa shape index (κ2) is 17.5. The van der Waals surface area contributed by atoms with Crippen LogP contribution in [0.15, 0.2) is 0 Å². The number of carbonyl (C=O) groups excluding carboxylic acids is 1. The van der Waals surface area contributed by atoms with Crippen molar-refractivity contribution < 1.29 is 93.8 Å². The lowest BCUT2D eigenvalue weighted by Gasteiger charge is -2.61. The Labute approximate surface area is 366 Å². The van der Waals surface area contributed by atoms with E-state index in [1.54, 1.807) is 0 Å². The van der Waals surface area contributed by atoms with Crippen LogP contribution in [0.1, 0.15) is 79.1 Å². The van der Waals surface area contributed by atoms with Crippen molar-refractivity contribution in [3.63, 3.8) is 0 Å². The van der Waals surface area contributed by atoms with Gasteiger partial charge < -0.3 is 89.0 Å². The van der Waals surface area contributed by atoms with Crippen LogP contribution in [-0.2, 0) is 42.7 Å². The molecule has 360 valence electrons. The first-order chi connectivity index (χ1) is 29.9. The van der Waals surface area contributed by atoms with Crippen molar-refractivity contribution in [3.8, 4) is 0 Å². The number of aliphatic hydroxyl groups is 10. The zero-order chi connectivity index (χ0) is 45.1. The molecule has 63 heavy (non-hydrogen) atoms. The van der Waals surface area contributed by atoms with Crippen LogP contribution in [0.25, 0.3) is 0 Å². The van der Waals surface area contributed by atoms with Crippen LogP contribution in [0.3, 0.4) is 0 Å². The number of ether oxygens (including phenoxy) is 8.